The minimum atomic E-state index is -0.0846. The number of aryl methyl sites for hydroxylation is 2. The smallest absolute Gasteiger partial charge is 0.305 e. The number of esters is 1. The minimum Gasteiger partial charge on any atom is -0.466 e. The van der Waals surface area contributed by atoms with Crippen molar-refractivity contribution in [1.29, 1.82) is 0 Å². The Bertz CT molecular complexity index is 354. The van der Waals surface area contributed by atoms with Gasteiger partial charge in [-0.15, -0.1) is 0 Å². The average Bonchev–Trinajstić information content (AvgIpc) is 2.41. The highest BCUT2D eigenvalue weighted by Crippen LogP contribution is 2.11. The van der Waals surface area contributed by atoms with Gasteiger partial charge in [0.2, 0.25) is 0 Å². The summed E-state index contributed by atoms with van der Waals surface area (Å²) in [5, 5.41) is 0. The van der Waals surface area contributed by atoms with Gasteiger partial charge in [0.15, 0.2) is 0 Å². The van der Waals surface area contributed by atoms with Crippen molar-refractivity contribution in [3.8, 4) is 0 Å². The van der Waals surface area contributed by atoms with Gasteiger partial charge in [-0.2, -0.15) is 0 Å². The van der Waals surface area contributed by atoms with Crippen molar-refractivity contribution in [3.05, 3.63) is 35.4 Å². The van der Waals surface area contributed by atoms with E-state index in [2.05, 4.69) is 31.2 Å². The fourth-order valence-electron chi connectivity index (χ4n) is 2.12. The topological polar surface area (TPSA) is 26.3 Å². The van der Waals surface area contributed by atoms with E-state index in [4.69, 9.17) is 4.74 Å². The van der Waals surface area contributed by atoms with Gasteiger partial charge < -0.3 is 4.74 Å². The van der Waals surface area contributed by atoms with Crippen molar-refractivity contribution >= 4 is 5.97 Å². The highest BCUT2D eigenvalue weighted by atomic mass is 16.5. The Morgan fingerprint density at radius 1 is 0.947 bits per heavy atom. The van der Waals surface area contributed by atoms with Gasteiger partial charge in [-0.3, -0.25) is 4.79 Å². The largest absolute Gasteiger partial charge is 0.466 e. The number of benzene rings is 1. The molecule has 0 unspecified atom stereocenters. The predicted octanol–water partition coefficient (Wildman–Crippen LogP) is 4.31. The van der Waals surface area contributed by atoms with Crippen LogP contribution in [0.1, 0.15) is 57.1 Å². The normalized spacial score (nSPS) is 10.4. The van der Waals surface area contributed by atoms with Crippen molar-refractivity contribution in [2.45, 2.75) is 58.8 Å². The first-order chi connectivity index (χ1) is 9.26. The van der Waals surface area contributed by atoms with Crippen LogP contribution in [0, 0.1) is 0 Å². The maximum Gasteiger partial charge on any atom is 0.305 e. The van der Waals surface area contributed by atoms with E-state index < -0.39 is 0 Å². The molecule has 0 saturated heterocycles. The van der Waals surface area contributed by atoms with E-state index in [1.165, 1.54) is 36.8 Å². The number of carbonyl (C=O) groups excluding carboxylic acids is 1. The van der Waals surface area contributed by atoms with Crippen molar-refractivity contribution in [2.75, 3.05) is 6.61 Å². The molecule has 0 radical (unpaired) electrons. The van der Waals surface area contributed by atoms with Gasteiger partial charge in [-0.05, 0) is 43.7 Å². The Morgan fingerprint density at radius 3 is 2.05 bits per heavy atom. The second kappa shape index (κ2) is 9.60. The van der Waals surface area contributed by atoms with Gasteiger partial charge in [0.05, 0.1) is 6.61 Å². The highest BCUT2D eigenvalue weighted by Gasteiger charge is 2.02. The van der Waals surface area contributed by atoms with Crippen LogP contribution in [0.3, 0.4) is 0 Å². The Morgan fingerprint density at radius 2 is 1.53 bits per heavy atom. The minimum absolute atomic E-state index is 0.0846. The Kier molecular flexibility index (Phi) is 7.95. The predicted molar refractivity (Wildman–Crippen MR) is 79.2 cm³/mol. The fraction of sp³-hybridized carbons (Fsp3) is 0.588. The summed E-state index contributed by atoms with van der Waals surface area (Å²) in [6.45, 7) is 4.55. The van der Waals surface area contributed by atoms with Crippen LogP contribution in [0.25, 0.3) is 0 Å². The first kappa shape index (κ1) is 15.7. The molecule has 0 aromatic heterocycles. The molecule has 0 atom stereocenters. The third-order valence-corrected chi connectivity index (χ3v) is 3.24. The van der Waals surface area contributed by atoms with Crippen molar-refractivity contribution < 1.29 is 9.53 Å². The van der Waals surface area contributed by atoms with Crippen LogP contribution in [0.4, 0.5) is 0 Å². The SMILES string of the molecule is CCCCCc1ccc(CCCC(=O)OCC)cc1. The molecule has 0 aliphatic heterocycles. The third kappa shape index (κ3) is 7.00. The van der Waals surface area contributed by atoms with Crippen molar-refractivity contribution in [2.24, 2.45) is 0 Å². The van der Waals surface area contributed by atoms with E-state index >= 15 is 0 Å². The molecule has 1 rings (SSSR count). The molecule has 0 spiro atoms. The summed E-state index contributed by atoms with van der Waals surface area (Å²) in [6.07, 6.45) is 7.37. The van der Waals surface area contributed by atoms with Gasteiger partial charge in [0, 0.05) is 6.42 Å². The fourth-order valence-corrected chi connectivity index (χ4v) is 2.12. The maximum absolute atomic E-state index is 11.2. The quantitative estimate of drug-likeness (QED) is 0.490. The number of unbranched alkanes of at least 4 members (excludes halogenated alkanes) is 2. The van der Waals surface area contributed by atoms with Crippen molar-refractivity contribution in [1.82, 2.24) is 0 Å². The monoisotopic (exact) mass is 262 g/mol. The molecule has 2 heteroatoms. The summed E-state index contributed by atoms with van der Waals surface area (Å²) in [4.78, 5) is 11.2. The molecule has 0 fully saturated rings. The van der Waals surface area contributed by atoms with E-state index in [1.807, 2.05) is 6.92 Å². The van der Waals surface area contributed by atoms with E-state index in [0.717, 1.165) is 12.8 Å². The van der Waals surface area contributed by atoms with Crippen molar-refractivity contribution in [3.63, 3.8) is 0 Å². The second-order valence-electron chi connectivity index (χ2n) is 4.93. The van der Waals surface area contributed by atoms with Crippen LogP contribution in [0.15, 0.2) is 24.3 Å². The molecule has 0 aliphatic rings. The van der Waals surface area contributed by atoms with Crippen LogP contribution in [0.2, 0.25) is 0 Å². The zero-order valence-corrected chi connectivity index (χ0v) is 12.3. The zero-order chi connectivity index (χ0) is 13.9. The van der Waals surface area contributed by atoms with Gasteiger partial charge >= 0.3 is 5.97 Å². The molecule has 0 heterocycles. The Balaban J connectivity index is 2.26. The van der Waals surface area contributed by atoms with E-state index in [1.54, 1.807) is 0 Å². The summed E-state index contributed by atoms with van der Waals surface area (Å²) >= 11 is 0. The molecule has 0 aliphatic carbocycles. The van der Waals surface area contributed by atoms with E-state index in [9.17, 15) is 4.79 Å². The summed E-state index contributed by atoms with van der Waals surface area (Å²) in [7, 11) is 0. The first-order valence-electron chi connectivity index (χ1n) is 7.49. The molecule has 0 bridgehead atoms. The molecular weight excluding hydrogens is 236 g/mol. The lowest BCUT2D eigenvalue weighted by Crippen LogP contribution is -2.04. The summed E-state index contributed by atoms with van der Waals surface area (Å²) in [5.74, 6) is -0.0846. The second-order valence-corrected chi connectivity index (χ2v) is 4.93. The van der Waals surface area contributed by atoms with Gasteiger partial charge in [0.1, 0.15) is 0 Å². The number of hydrogen-bond donors (Lipinski definition) is 0. The van der Waals surface area contributed by atoms with Crippen LogP contribution < -0.4 is 0 Å². The number of hydrogen-bond acceptors (Lipinski definition) is 2. The zero-order valence-electron chi connectivity index (χ0n) is 12.3. The number of carbonyl (C=O) groups is 1. The molecule has 106 valence electrons. The maximum atomic E-state index is 11.2. The van der Waals surface area contributed by atoms with Crippen LogP contribution in [0.5, 0.6) is 0 Å². The summed E-state index contributed by atoms with van der Waals surface area (Å²) in [5.41, 5.74) is 2.73. The van der Waals surface area contributed by atoms with Gasteiger partial charge in [0.25, 0.3) is 0 Å². The standard InChI is InChI=1S/C17H26O2/c1-3-5-6-8-15-11-13-16(14-12-15)9-7-10-17(18)19-4-2/h11-14H,3-10H2,1-2H3. The lowest BCUT2D eigenvalue weighted by atomic mass is 10.0. The van der Waals surface area contributed by atoms with Crippen LogP contribution in [-0.4, -0.2) is 12.6 Å². The molecule has 0 N–H and O–H groups in total. The number of ether oxygens (including phenoxy) is 1. The molecular formula is C17H26O2. The highest BCUT2D eigenvalue weighted by molar-refractivity contribution is 5.69. The third-order valence-electron chi connectivity index (χ3n) is 3.24. The molecule has 19 heavy (non-hydrogen) atoms. The summed E-state index contributed by atoms with van der Waals surface area (Å²) in [6, 6.07) is 8.81. The molecule has 2 nitrogen and oxygen atoms in total. The molecule has 1 aromatic carbocycles. The lowest BCUT2D eigenvalue weighted by Gasteiger charge is -2.04. The van der Waals surface area contributed by atoms with Gasteiger partial charge in [-0.25, -0.2) is 0 Å². The van der Waals surface area contributed by atoms with Gasteiger partial charge in [-0.1, -0.05) is 44.0 Å². The van der Waals surface area contributed by atoms with Crippen LogP contribution >= 0.6 is 0 Å². The number of rotatable bonds is 9. The lowest BCUT2D eigenvalue weighted by molar-refractivity contribution is -0.143. The average molecular weight is 262 g/mol. The molecule has 0 amide bonds. The summed E-state index contributed by atoms with van der Waals surface area (Å²) < 4.78 is 4.91. The van der Waals surface area contributed by atoms with E-state index in [0.29, 0.717) is 13.0 Å². The van der Waals surface area contributed by atoms with Crippen LogP contribution in [-0.2, 0) is 22.4 Å². The Hall–Kier alpha value is -1.31. The molecule has 0 saturated carbocycles. The first-order valence-corrected chi connectivity index (χ1v) is 7.49. The Labute approximate surface area is 117 Å². The van der Waals surface area contributed by atoms with E-state index in [-0.39, 0.29) is 5.97 Å². The molecule has 1 aromatic rings.